The standard InChI is InChI=1S/C29H29N5O4/c1-18-26(32(2)31-30-18)22-16-25-28(33(36)17-22)23-10-9-21(29(35)37-3)15-24(23)34(25)27(19-7-5-4-6-8-19)20-11-13-38-14-12-20/h4-10,15-17,20,27H,11-14H2,1-3H3/p+1. The van der Waals surface area contributed by atoms with Crippen molar-refractivity contribution in [3.8, 4) is 11.3 Å². The van der Waals surface area contributed by atoms with Crippen LogP contribution >= 0.6 is 0 Å². The Bertz CT molecular complexity index is 1630. The highest BCUT2D eigenvalue weighted by molar-refractivity contribution is 6.07. The van der Waals surface area contributed by atoms with Crippen LogP contribution in [0.4, 0.5) is 0 Å². The first kappa shape index (κ1) is 24.1. The molecule has 4 heterocycles. The van der Waals surface area contributed by atoms with Gasteiger partial charge in [-0.3, -0.25) is 0 Å². The summed E-state index contributed by atoms with van der Waals surface area (Å²) in [4.78, 5) is 12.5. The number of aromatic nitrogens is 5. The molecule has 0 spiro atoms. The average molecular weight is 513 g/mol. The van der Waals surface area contributed by atoms with E-state index in [1.54, 1.807) is 12.3 Å². The van der Waals surface area contributed by atoms with Gasteiger partial charge in [-0.25, -0.2) is 4.79 Å². The van der Waals surface area contributed by atoms with Gasteiger partial charge in [0.2, 0.25) is 16.9 Å². The van der Waals surface area contributed by atoms with Crippen molar-refractivity contribution in [1.82, 2.24) is 14.9 Å². The molecule has 0 bridgehead atoms. The minimum Gasteiger partial charge on any atom is -0.618 e. The van der Waals surface area contributed by atoms with Crippen molar-refractivity contribution in [2.24, 2.45) is 13.0 Å². The molecule has 1 N–H and O–H groups in total. The lowest BCUT2D eigenvalue weighted by Gasteiger charge is -2.33. The Morgan fingerprint density at radius 1 is 1.16 bits per heavy atom. The molecule has 0 radical (unpaired) electrons. The second-order valence-electron chi connectivity index (χ2n) is 9.89. The number of ether oxygens (including phenoxy) is 2. The Labute approximate surface area is 219 Å². The van der Waals surface area contributed by atoms with E-state index < -0.39 is 5.97 Å². The Hall–Kier alpha value is -4.24. The number of rotatable bonds is 5. The molecule has 1 fully saturated rings. The highest BCUT2D eigenvalue weighted by Crippen LogP contribution is 2.41. The number of nitrogens with zero attached hydrogens (tertiary/aromatic N) is 4. The van der Waals surface area contributed by atoms with Gasteiger partial charge in [-0.2, -0.15) is 9.41 Å². The number of methoxy groups -OCH3 is 1. The molecule has 1 atom stereocenters. The first-order chi connectivity index (χ1) is 18.5. The molecule has 3 aromatic heterocycles. The van der Waals surface area contributed by atoms with Crippen LogP contribution in [0.15, 0.2) is 60.8 Å². The number of carbonyl (C=O) groups excluding carboxylic acids is 1. The number of fused-ring (bicyclic) bond motifs is 3. The van der Waals surface area contributed by atoms with E-state index in [2.05, 4.69) is 33.1 Å². The maximum Gasteiger partial charge on any atom is 0.337 e. The van der Waals surface area contributed by atoms with E-state index in [1.807, 2.05) is 49.0 Å². The minimum absolute atomic E-state index is 0.0672. The molecule has 1 aliphatic rings. The van der Waals surface area contributed by atoms with Crippen LogP contribution in [-0.2, 0) is 16.5 Å². The number of esters is 1. The summed E-state index contributed by atoms with van der Waals surface area (Å²) in [5, 5.41) is 21.8. The molecule has 1 aliphatic heterocycles. The molecule has 0 aliphatic carbocycles. The number of benzene rings is 2. The van der Waals surface area contributed by atoms with Crippen LogP contribution in [0.5, 0.6) is 0 Å². The summed E-state index contributed by atoms with van der Waals surface area (Å²) in [6, 6.07) is 17.8. The van der Waals surface area contributed by atoms with E-state index in [1.165, 1.54) is 7.11 Å². The second kappa shape index (κ2) is 9.57. The topological polar surface area (TPSA) is 100.0 Å². The zero-order valence-corrected chi connectivity index (χ0v) is 21.7. The van der Waals surface area contributed by atoms with E-state index in [0.29, 0.717) is 24.3 Å². The molecule has 9 heteroatoms. The summed E-state index contributed by atoms with van der Waals surface area (Å²) in [6.07, 6.45) is 3.39. The molecule has 194 valence electrons. The van der Waals surface area contributed by atoms with Crippen molar-refractivity contribution in [3.63, 3.8) is 0 Å². The van der Waals surface area contributed by atoms with Crippen LogP contribution in [0.25, 0.3) is 33.2 Å². The van der Waals surface area contributed by atoms with Crippen LogP contribution in [-0.4, -0.2) is 41.2 Å². The van der Waals surface area contributed by atoms with Gasteiger partial charge in [0.25, 0.3) is 0 Å². The van der Waals surface area contributed by atoms with Crippen molar-refractivity contribution < 1.29 is 23.7 Å². The second-order valence-corrected chi connectivity index (χ2v) is 9.89. The molecule has 0 saturated carbocycles. The molecular formula is C29H30N5O4+. The average Bonchev–Trinajstić information content (AvgIpc) is 3.45. The molecule has 5 aromatic rings. The Balaban J connectivity index is 1.72. The number of aryl methyl sites for hydroxylation is 2. The van der Waals surface area contributed by atoms with Gasteiger partial charge >= 0.3 is 5.97 Å². The fourth-order valence-electron chi connectivity index (χ4n) is 5.94. The van der Waals surface area contributed by atoms with Crippen LogP contribution in [0.3, 0.4) is 0 Å². The largest absolute Gasteiger partial charge is 0.618 e. The summed E-state index contributed by atoms with van der Waals surface area (Å²) >= 11 is 0. The Morgan fingerprint density at radius 3 is 2.61 bits per heavy atom. The number of pyridine rings is 1. The minimum atomic E-state index is -0.414. The maximum atomic E-state index is 13.7. The predicted molar refractivity (Wildman–Crippen MR) is 141 cm³/mol. The van der Waals surface area contributed by atoms with Crippen molar-refractivity contribution in [3.05, 3.63) is 82.8 Å². The van der Waals surface area contributed by atoms with Crippen LogP contribution in [0.1, 0.15) is 40.5 Å². The van der Waals surface area contributed by atoms with Crippen LogP contribution < -0.4 is 9.41 Å². The van der Waals surface area contributed by atoms with Gasteiger partial charge in [0.05, 0.1) is 35.2 Å². The summed E-state index contributed by atoms with van der Waals surface area (Å²) in [7, 11) is 3.25. The molecule has 1 unspecified atom stereocenters. The van der Waals surface area contributed by atoms with Gasteiger partial charge < -0.3 is 19.2 Å². The zero-order valence-electron chi connectivity index (χ0n) is 21.7. The lowest BCUT2D eigenvalue weighted by atomic mass is 9.86. The highest BCUT2D eigenvalue weighted by Gasteiger charge is 2.33. The van der Waals surface area contributed by atoms with Gasteiger partial charge in [-0.05, 0) is 48.6 Å². The lowest BCUT2D eigenvalue weighted by molar-refractivity contribution is -0.720. The van der Waals surface area contributed by atoms with Gasteiger partial charge in [-0.1, -0.05) is 35.5 Å². The molecule has 1 saturated heterocycles. The van der Waals surface area contributed by atoms with Crippen molar-refractivity contribution in [2.45, 2.75) is 25.8 Å². The van der Waals surface area contributed by atoms with Crippen LogP contribution in [0, 0.1) is 18.0 Å². The van der Waals surface area contributed by atoms with E-state index in [0.717, 1.165) is 56.5 Å². The van der Waals surface area contributed by atoms with Crippen LogP contribution in [0.2, 0.25) is 0 Å². The summed E-state index contributed by atoms with van der Waals surface area (Å²) in [6.45, 7) is 3.29. The molecule has 9 nitrogen and oxygen atoms in total. The first-order valence-corrected chi connectivity index (χ1v) is 12.8. The Kier molecular flexibility index (Phi) is 6.07. The summed E-state index contributed by atoms with van der Waals surface area (Å²) < 4.78 is 15.8. The predicted octanol–water partition coefficient (Wildman–Crippen LogP) is 3.75. The van der Waals surface area contributed by atoms with E-state index in [4.69, 9.17) is 9.47 Å². The number of hydrogen-bond donors (Lipinski definition) is 1. The number of H-pyrrole nitrogens is 1. The van der Waals surface area contributed by atoms with Crippen molar-refractivity contribution in [2.75, 3.05) is 20.3 Å². The zero-order chi connectivity index (χ0) is 26.4. The normalized spacial score (nSPS) is 15.2. The smallest absolute Gasteiger partial charge is 0.337 e. The van der Waals surface area contributed by atoms with Gasteiger partial charge in [0.15, 0.2) is 6.20 Å². The monoisotopic (exact) mass is 512 g/mol. The SMILES string of the molecule is COC(=O)c1ccc2c(c1)n(C(c1ccccc1)C1CCOCC1)c1cc(-c3c(C)n[nH][n+]3C)c[n+]([O-])c21. The quantitative estimate of drug-likeness (QED) is 0.220. The third-order valence-electron chi connectivity index (χ3n) is 7.66. The molecule has 6 rings (SSSR count). The van der Waals surface area contributed by atoms with Crippen molar-refractivity contribution >= 4 is 27.9 Å². The number of aromatic amines is 1. The van der Waals surface area contributed by atoms with E-state index in [9.17, 15) is 10.0 Å². The fourth-order valence-corrected chi connectivity index (χ4v) is 5.94. The molecule has 0 amide bonds. The third kappa shape index (κ3) is 3.90. The van der Waals surface area contributed by atoms with Gasteiger partial charge in [0.1, 0.15) is 12.6 Å². The number of carbonyl (C=O) groups is 1. The Morgan fingerprint density at radius 2 is 1.92 bits per heavy atom. The summed E-state index contributed by atoms with van der Waals surface area (Å²) in [5.41, 5.74) is 6.17. The summed E-state index contributed by atoms with van der Waals surface area (Å²) in [5.74, 6) is -0.134. The van der Waals surface area contributed by atoms with Gasteiger partial charge in [0, 0.05) is 25.2 Å². The van der Waals surface area contributed by atoms with E-state index >= 15 is 0 Å². The lowest BCUT2D eigenvalue weighted by Crippen LogP contribution is -2.34. The number of nitrogens with one attached hydrogen (secondary N) is 1. The molecule has 38 heavy (non-hydrogen) atoms. The molecular weight excluding hydrogens is 482 g/mol. The fraction of sp³-hybridized carbons (Fsp3) is 0.310. The van der Waals surface area contributed by atoms with E-state index in [-0.39, 0.29) is 12.0 Å². The maximum absolute atomic E-state index is 13.7. The van der Waals surface area contributed by atoms with Gasteiger partial charge in [-0.15, -0.1) is 0 Å². The first-order valence-electron chi connectivity index (χ1n) is 12.8. The number of hydrogen-bond acceptors (Lipinski definition) is 5. The van der Waals surface area contributed by atoms with Crippen molar-refractivity contribution in [1.29, 1.82) is 0 Å². The highest BCUT2D eigenvalue weighted by atomic mass is 16.5. The third-order valence-corrected chi connectivity index (χ3v) is 7.66. The molecule has 2 aromatic carbocycles.